The molecular weight excluding hydrogens is 548 g/mol. The maximum Gasteiger partial charge on any atom is 0.303 e. The number of aliphatic hydroxyl groups excluding tert-OH is 1. The van der Waals surface area contributed by atoms with Gasteiger partial charge >= 0.3 is 11.9 Å². The minimum atomic E-state index is -0.662. The second kappa shape index (κ2) is 36.4. The number of unbranched alkanes of at least 4 members (excludes halogenated alkanes) is 30. The molecule has 0 saturated carbocycles. The third-order valence-electron chi connectivity index (χ3n) is 9.36. The van der Waals surface area contributed by atoms with Crippen LogP contribution >= 0.6 is 0 Å². The molecule has 3 N–H and O–H groups in total. The Labute approximate surface area is 273 Å². The Kier molecular flexibility index (Phi) is 35.5. The predicted octanol–water partition coefficient (Wildman–Crippen LogP) is 12.6. The molecule has 0 atom stereocenters. The lowest BCUT2D eigenvalue weighted by molar-refractivity contribution is -0.138. The molecule has 0 saturated heterocycles. The van der Waals surface area contributed by atoms with Crippen LogP contribution in [0, 0.1) is 0 Å². The van der Waals surface area contributed by atoms with Crippen LogP contribution in [0.3, 0.4) is 0 Å². The number of rotatable bonds is 38. The molecule has 0 rings (SSSR count). The number of hydrogen-bond donors (Lipinski definition) is 3. The second-order valence-corrected chi connectivity index (χ2v) is 13.8. The van der Waals surface area contributed by atoms with Gasteiger partial charge in [0.15, 0.2) is 0 Å². The van der Waals surface area contributed by atoms with Crippen molar-refractivity contribution in [1.29, 1.82) is 0 Å². The van der Waals surface area contributed by atoms with Crippen LogP contribution in [0.5, 0.6) is 0 Å². The summed E-state index contributed by atoms with van der Waals surface area (Å²) in [6.45, 7) is 0. The number of carboxylic acids is 2. The maximum atomic E-state index is 10.5. The SMILES string of the molecule is O=C(O)CCCCCCCCCCCCCCCCCCC(O)CCCCCCCCCCCCCCCCCCC(=O)O. The first-order valence-corrected chi connectivity index (χ1v) is 19.6. The van der Waals surface area contributed by atoms with E-state index in [9.17, 15) is 14.7 Å². The van der Waals surface area contributed by atoms with Crippen LogP contribution in [0.15, 0.2) is 0 Å². The van der Waals surface area contributed by atoms with Gasteiger partial charge in [0.1, 0.15) is 0 Å². The smallest absolute Gasteiger partial charge is 0.303 e. The van der Waals surface area contributed by atoms with Crippen LogP contribution in [-0.4, -0.2) is 33.4 Å². The Hall–Kier alpha value is -1.10. The molecule has 44 heavy (non-hydrogen) atoms. The predicted molar refractivity (Wildman–Crippen MR) is 187 cm³/mol. The summed E-state index contributed by atoms with van der Waals surface area (Å²) in [5.74, 6) is -1.32. The molecule has 0 radical (unpaired) electrons. The Balaban J connectivity index is 3.16. The standard InChI is InChI=1S/C39H76O5/c40-37(33-29-25-21-17-13-9-5-1-3-7-11-15-19-23-27-31-35-38(41)42)34-30-26-22-18-14-10-6-2-4-8-12-16-20-24-28-32-36-39(43)44/h37,40H,1-36H2,(H,41,42)(H,43,44). The summed E-state index contributed by atoms with van der Waals surface area (Å²) in [7, 11) is 0. The van der Waals surface area contributed by atoms with E-state index in [0.29, 0.717) is 12.8 Å². The zero-order valence-corrected chi connectivity index (χ0v) is 29.2. The van der Waals surface area contributed by atoms with Crippen molar-refractivity contribution in [2.75, 3.05) is 0 Å². The fourth-order valence-corrected chi connectivity index (χ4v) is 6.41. The van der Waals surface area contributed by atoms with E-state index in [4.69, 9.17) is 10.2 Å². The van der Waals surface area contributed by atoms with Crippen molar-refractivity contribution < 1.29 is 24.9 Å². The van der Waals surface area contributed by atoms with E-state index in [1.165, 1.54) is 180 Å². The zero-order valence-electron chi connectivity index (χ0n) is 29.2. The highest BCUT2D eigenvalue weighted by Gasteiger charge is 2.04. The minimum Gasteiger partial charge on any atom is -0.481 e. The molecule has 0 unspecified atom stereocenters. The van der Waals surface area contributed by atoms with Gasteiger partial charge in [-0.15, -0.1) is 0 Å². The Morgan fingerprint density at radius 2 is 0.455 bits per heavy atom. The van der Waals surface area contributed by atoms with Crippen LogP contribution in [0.4, 0.5) is 0 Å². The van der Waals surface area contributed by atoms with Crippen LogP contribution in [0.25, 0.3) is 0 Å². The van der Waals surface area contributed by atoms with Gasteiger partial charge in [-0.05, 0) is 25.7 Å². The summed E-state index contributed by atoms with van der Waals surface area (Å²) in [5.41, 5.74) is 0. The van der Waals surface area contributed by atoms with Crippen LogP contribution in [-0.2, 0) is 9.59 Å². The quantitative estimate of drug-likeness (QED) is 0.0594. The average Bonchev–Trinajstić information content (AvgIpc) is 2.99. The summed E-state index contributed by atoms with van der Waals surface area (Å²) in [6.07, 6.45) is 43.5. The first kappa shape index (κ1) is 42.9. The van der Waals surface area contributed by atoms with Gasteiger partial charge in [0.05, 0.1) is 6.10 Å². The lowest BCUT2D eigenvalue weighted by Gasteiger charge is -2.10. The van der Waals surface area contributed by atoms with Gasteiger partial charge in [0, 0.05) is 12.8 Å². The van der Waals surface area contributed by atoms with E-state index >= 15 is 0 Å². The Bertz CT molecular complexity index is 543. The molecular formula is C39H76O5. The molecule has 0 aromatic rings. The van der Waals surface area contributed by atoms with Crippen molar-refractivity contribution in [2.45, 2.75) is 237 Å². The minimum absolute atomic E-state index is 0.0798. The molecule has 5 heteroatoms. The lowest BCUT2D eigenvalue weighted by Crippen LogP contribution is -2.05. The molecule has 0 aromatic heterocycles. The number of aliphatic hydroxyl groups is 1. The van der Waals surface area contributed by atoms with Crippen molar-refractivity contribution in [2.24, 2.45) is 0 Å². The topological polar surface area (TPSA) is 94.8 Å². The zero-order chi connectivity index (χ0) is 32.2. The molecule has 0 fully saturated rings. The number of aliphatic carboxylic acids is 2. The van der Waals surface area contributed by atoms with E-state index in [1.807, 2.05) is 0 Å². The largest absolute Gasteiger partial charge is 0.481 e. The fourth-order valence-electron chi connectivity index (χ4n) is 6.41. The fraction of sp³-hybridized carbons (Fsp3) is 0.949. The second-order valence-electron chi connectivity index (χ2n) is 13.8. The van der Waals surface area contributed by atoms with Gasteiger partial charge in [-0.2, -0.15) is 0 Å². The van der Waals surface area contributed by atoms with Crippen LogP contribution in [0.1, 0.15) is 231 Å². The van der Waals surface area contributed by atoms with Gasteiger partial charge < -0.3 is 15.3 Å². The molecule has 0 spiro atoms. The monoisotopic (exact) mass is 625 g/mol. The van der Waals surface area contributed by atoms with Gasteiger partial charge in [-0.1, -0.05) is 193 Å². The first-order valence-electron chi connectivity index (χ1n) is 19.6. The van der Waals surface area contributed by atoms with Crippen molar-refractivity contribution >= 4 is 11.9 Å². The van der Waals surface area contributed by atoms with E-state index in [1.54, 1.807) is 0 Å². The van der Waals surface area contributed by atoms with E-state index < -0.39 is 11.9 Å². The molecule has 0 bridgehead atoms. The van der Waals surface area contributed by atoms with Gasteiger partial charge in [-0.3, -0.25) is 9.59 Å². The summed E-state index contributed by atoms with van der Waals surface area (Å²) in [6, 6.07) is 0. The van der Waals surface area contributed by atoms with Crippen molar-refractivity contribution in [3.05, 3.63) is 0 Å². The summed E-state index contributed by atoms with van der Waals surface area (Å²) in [4.78, 5) is 21.0. The van der Waals surface area contributed by atoms with E-state index in [-0.39, 0.29) is 6.10 Å². The number of carbonyl (C=O) groups is 2. The number of hydrogen-bond acceptors (Lipinski definition) is 3. The molecule has 0 aliphatic rings. The van der Waals surface area contributed by atoms with Gasteiger partial charge in [0.25, 0.3) is 0 Å². The molecule has 0 amide bonds. The van der Waals surface area contributed by atoms with Crippen LogP contribution < -0.4 is 0 Å². The average molecular weight is 625 g/mol. The summed E-state index contributed by atoms with van der Waals surface area (Å²) >= 11 is 0. The Morgan fingerprint density at radius 3 is 0.636 bits per heavy atom. The van der Waals surface area contributed by atoms with Crippen molar-refractivity contribution in [1.82, 2.24) is 0 Å². The lowest BCUT2D eigenvalue weighted by atomic mass is 10.0. The van der Waals surface area contributed by atoms with Crippen molar-refractivity contribution in [3.63, 3.8) is 0 Å². The summed E-state index contributed by atoms with van der Waals surface area (Å²) in [5, 5.41) is 27.6. The molecule has 0 aliphatic heterocycles. The highest BCUT2D eigenvalue weighted by Crippen LogP contribution is 2.17. The highest BCUT2D eigenvalue weighted by atomic mass is 16.4. The summed E-state index contributed by atoms with van der Waals surface area (Å²) < 4.78 is 0. The normalized spacial score (nSPS) is 11.5. The first-order chi connectivity index (χ1) is 21.5. The van der Waals surface area contributed by atoms with Gasteiger partial charge in [0.2, 0.25) is 0 Å². The molecule has 5 nitrogen and oxygen atoms in total. The Morgan fingerprint density at radius 1 is 0.295 bits per heavy atom. The van der Waals surface area contributed by atoms with E-state index in [0.717, 1.165) is 38.5 Å². The maximum absolute atomic E-state index is 10.5. The molecule has 0 aliphatic carbocycles. The third-order valence-corrected chi connectivity index (χ3v) is 9.36. The van der Waals surface area contributed by atoms with E-state index in [2.05, 4.69) is 0 Å². The number of carboxylic acid groups (broad SMARTS) is 2. The highest BCUT2D eigenvalue weighted by molar-refractivity contribution is 5.66. The van der Waals surface area contributed by atoms with Crippen molar-refractivity contribution in [3.8, 4) is 0 Å². The third kappa shape index (κ3) is 38.9. The van der Waals surface area contributed by atoms with Gasteiger partial charge in [-0.25, -0.2) is 0 Å². The van der Waals surface area contributed by atoms with Crippen LogP contribution in [0.2, 0.25) is 0 Å². The molecule has 262 valence electrons. The molecule has 0 aromatic carbocycles. The molecule has 0 heterocycles.